The van der Waals surface area contributed by atoms with Crippen LogP contribution in [0.2, 0.25) is 5.02 Å². The molecule has 2 aromatic carbocycles. The minimum absolute atomic E-state index is 0.693. The Morgan fingerprint density at radius 1 is 1.12 bits per heavy atom. The van der Waals surface area contributed by atoms with E-state index in [4.69, 9.17) is 16.3 Å². The molecule has 0 radical (unpaired) electrons. The molecule has 0 fully saturated rings. The lowest BCUT2D eigenvalue weighted by Crippen LogP contribution is -2.14. The standard InChI is InChI=1S/C21H28ClNOS/c1-5-24-20-7-6-8-21(25-14-13-23(3)4)18(20)11-9-17-10-12-19(22)16(2)15-17/h6-8,10,12,15H,5,9,11,13-14H2,1-4H3. The van der Waals surface area contributed by atoms with Crippen LogP contribution in [0.25, 0.3) is 0 Å². The Bertz CT molecular complexity index is 688. The lowest BCUT2D eigenvalue weighted by Gasteiger charge is -2.16. The molecule has 0 aliphatic rings. The van der Waals surface area contributed by atoms with E-state index in [-0.39, 0.29) is 0 Å². The van der Waals surface area contributed by atoms with E-state index in [1.807, 2.05) is 24.8 Å². The Morgan fingerprint density at radius 2 is 1.92 bits per heavy atom. The number of rotatable bonds is 9. The fraction of sp³-hybridized carbons (Fsp3) is 0.429. The maximum Gasteiger partial charge on any atom is 0.123 e. The number of benzene rings is 2. The van der Waals surface area contributed by atoms with Crippen LogP contribution in [0.1, 0.15) is 23.6 Å². The first-order chi connectivity index (χ1) is 12.0. The lowest BCUT2D eigenvalue weighted by molar-refractivity contribution is 0.335. The van der Waals surface area contributed by atoms with Gasteiger partial charge in [0.25, 0.3) is 0 Å². The number of ether oxygens (including phenoxy) is 1. The van der Waals surface area contributed by atoms with Gasteiger partial charge < -0.3 is 9.64 Å². The van der Waals surface area contributed by atoms with E-state index in [2.05, 4.69) is 56.3 Å². The van der Waals surface area contributed by atoms with Gasteiger partial charge in [-0.3, -0.25) is 0 Å². The van der Waals surface area contributed by atoms with Crippen molar-refractivity contribution in [1.82, 2.24) is 4.90 Å². The van der Waals surface area contributed by atoms with Crippen LogP contribution in [-0.2, 0) is 12.8 Å². The molecule has 25 heavy (non-hydrogen) atoms. The van der Waals surface area contributed by atoms with E-state index in [9.17, 15) is 0 Å². The first-order valence-electron chi connectivity index (χ1n) is 8.78. The summed E-state index contributed by atoms with van der Waals surface area (Å²) in [6, 6.07) is 12.7. The summed E-state index contributed by atoms with van der Waals surface area (Å²) >= 11 is 8.06. The van der Waals surface area contributed by atoms with Crippen LogP contribution < -0.4 is 4.74 Å². The van der Waals surface area contributed by atoms with Crippen LogP contribution in [0.5, 0.6) is 5.75 Å². The highest BCUT2D eigenvalue weighted by Gasteiger charge is 2.11. The van der Waals surface area contributed by atoms with Crippen LogP contribution in [0.3, 0.4) is 0 Å². The summed E-state index contributed by atoms with van der Waals surface area (Å²) in [6.07, 6.45) is 1.96. The molecule has 0 unspecified atom stereocenters. The lowest BCUT2D eigenvalue weighted by atomic mass is 10.0. The van der Waals surface area contributed by atoms with Crippen molar-refractivity contribution in [2.45, 2.75) is 31.6 Å². The molecule has 2 rings (SSSR count). The summed E-state index contributed by atoms with van der Waals surface area (Å²) in [5.41, 5.74) is 3.77. The number of thioether (sulfide) groups is 1. The largest absolute Gasteiger partial charge is 0.494 e. The number of aryl methyl sites for hydroxylation is 2. The Balaban J connectivity index is 2.15. The van der Waals surface area contributed by atoms with Gasteiger partial charge >= 0.3 is 0 Å². The van der Waals surface area contributed by atoms with Crippen molar-refractivity contribution in [3.05, 3.63) is 58.1 Å². The van der Waals surface area contributed by atoms with Gasteiger partial charge in [0.05, 0.1) is 6.61 Å². The zero-order valence-corrected chi connectivity index (χ0v) is 17.2. The predicted molar refractivity (Wildman–Crippen MR) is 110 cm³/mol. The Hall–Kier alpha value is -1.16. The van der Waals surface area contributed by atoms with E-state index in [0.29, 0.717) is 6.61 Å². The quantitative estimate of drug-likeness (QED) is 0.536. The van der Waals surface area contributed by atoms with Gasteiger partial charge in [-0.1, -0.05) is 29.8 Å². The Morgan fingerprint density at radius 3 is 2.60 bits per heavy atom. The summed E-state index contributed by atoms with van der Waals surface area (Å²) in [5.74, 6) is 2.10. The summed E-state index contributed by atoms with van der Waals surface area (Å²) in [4.78, 5) is 3.55. The summed E-state index contributed by atoms with van der Waals surface area (Å²) in [6.45, 7) is 5.86. The number of nitrogens with zero attached hydrogens (tertiary/aromatic N) is 1. The maximum absolute atomic E-state index is 6.14. The summed E-state index contributed by atoms with van der Waals surface area (Å²) < 4.78 is 5.89. The molecule has 0 saturated carbocycles. The van der Waals surface area contributed by atoms with Gasteiger partial charge in [-0.15, -0.1) is 11.8 Å². The monoisotopic (exact) mass is 377 g/mol. The minimum Gasteiger partial charge on any atom is -0.494 e. The average molecular weight is 378 g/mol. The molecule has 0 heterocycles. The Kier molecular flexibility index (Phi) is 8.14. The van der Waals surface area contributed by atoms with Gasteiger partial charge in [0.2, 0.25) is 0 Å². The third-order valence-electron chi connectivity index (χ3n) is 4.07. The van der Waals surface area contributed by atoms with Gasteiger partial charge in [0.1, 0.15) is 5.75 Å². The normalized spacial score (nSPS) is 11.1. The predicted octanol–water partition coefficient (Wildman–Crippen LogP) is 5.49. The summed E-state index contributed by atoms with van der Waals surface area (Å²) in [7, 11) is 4.22. The molecular formula is C21H28ClNOS. The van der Waals surface area contributed by atoms with E-state index >= 15 is 0 Å². The molecule has 0 saturated heterocycles. The van der Waals surface area contributed by atoms with Crippen LogP contribution in [0.15, 0.2) is 41.3 Å². The van der Waals surface area contributed by atoms with Crippen molar-refractivity contribution >= 4 is 23.4 Å². The zero-order chi connectivity index (χ0) is 18.2. The highest BCUT2D eigenvalue weighted by Crippen LogP contribution is 2.32. The fourth-order valence-electron chi connectivity index (χ4n) is 2.69. The molecule has 0 amide bonds. The molecule has 0 spiro atoms. The van der Waals surface area contributed by atoms with Crippen molar-refractivity contribution in [3.63, 3.8) is 0 Å². The second kappa shape index (κ2) is 10.1. The maximum atomic E-state index is 6.14. The van der Waals surface area contributed by atoms with Crippen molar-refractivity contribution in [1.29, 1.82) is 0 Å². The first kappa shape index (κ1) is 20.2. The number of hydrogen-bond donors (Lipinski definition) is 0. The minimum atomic E-state index is 0.693. The average Bonchev–Trinajstić information content (AvgIpc) is 2.57. The fourth-order valence-corrected chi connectivity index (χ4v) is 4.03. The van der Waals surface area contributed by atoms with Crippen LogP contribution in [-0.4, -0.2) is 37.9 Å². The molecule has 4 heteroatoms. The third kappa shape index (κ3) is 6.25. The topological polar surface area (TPSA) is 12.5 Å². The van der Waals surface area contributed by atoms with E-state index in [1.54, 1.807) is 0 Å². The highest BCUT2D eigenvalue weighted by molar-refractivity contribution is 7.99. The Labute approximate surface area is 161 Å². The first-order valence-corrected chi connectivity index (χ1v) is 10.1. The van der Waals surface area contributed by atoms with Gasteiger partial charge in [-0.05, 0) is 70.1 Å². The van der Waals surface area contributed by atoms with Gasteiger partial charge in [0.15, 0.2) is 0 Å². The van der Waals surface area contributed by atoms with Crippen molar-refractivity contribution < 1.29 is 4.74 Å². The van der Waals surface area contributed by atoms with Crippen LogP contribution in [0.4, 0.5) is 0 Å². The highest BCUT2D eigenvalue weighted by atomic mass is 35.5. The molecule has 0 atom stereocenters. The second-order valence-corrected chi connectivity index (χ2v) is 7.95. The van der Waals surface area contributed by atoms with Gasteiger partial charge in [0, 0.05) is 27.8 Å². The van der Waals surface area contributed by atoms with Crippen LogP contribution in [0, 0.1) is 6.92 Å². The second-order valence-electron chi connectivity index (χ2n) is 6.40. The zero-order valence-electron chi connectivity index (χ0n) is 15.6. The molecule has 0 aromatic heterocycles. The van der Waals surface area contributed by atoms with Crippen molar-refractivity contribution in [2.75, 3.05) is 33.0 Å². The van der Waals surface area contributed by atoms with E-state index in [0.717, 1.165) is 41.5 Å². The SMILES string of the molecule is CCOc1cccc(SCCN(C)C)c1CCc1ccc(Cl)c(C)c1. The molecule has 2 aromatic rings. The molecule has 136 valence electrons. The summed E-state index contributed by atoms with van der Waals surface area (Å²) in [5, 5.41) is 0.832. The number of halogens is 1. The van der Waals surface area contributed by atoms with E-state index in [1.165, 1.54) is 16.0 Å². The van der Waals surface area contributed by atoms with Crippen molar-refractivity contribution in [3.8, 4) is 5.75 Å². The molecule has 0 N–H and O–H groups in total. The molecule has 2 nitrogen and oxygen atoms in total. The smallest absolute Gasteiger partial charge is 0.123 e. The molecule has 0 aliphatic heterocycles. The van der Waals surface area contributed by atoms with Gasteiger partial charge in [-0.2, -0.15) is 0 Å². The van der Waals surface area contributed by atoms with Gasteiger partial charge in [-0.25, -0.2) is 0 Å². The number of hydrogen-bond acceptors (Lipinski definition) is 3. The molecule has 0 bridgehead atoms. The van der Waals surface area contributed by atoms with E-state index < -0.39 is 0 Å². The molecular weight excluding hydrogens is 350 g/mol. The molecule has 0 aliphatic carbocycles. The van der Waals surface area contributed by atoms with Crippen molar-refractivity contribution in [2.24, 2.45) is 0 Å². The van der Waals surface area contributed by atoms with Crippen LogP contribution >= 0.6 is 23.4 Å². The third-order valence-corrected chi connectivity index (χ3v) is 5.58.